The zero-order valence-electron chi connectivity index (χ0n) is 11.2. The highest BCUT2D eigenvalue weighted by atomic mass is 35.5. The Balaban J connectivity index is 2.21. The molecule has 21 heavy (non-hydrogen) atoms. The second-order valence-electron chi connectivity index (χ2n) is 4.84. The molecule has 1 saturated heterocycles. The number of anilines is 1. The minimum atomic E-state index is -1.11. The van der Waals surface area contributed by atoms with E-state index < -0.39 is 18.4 Å². The zero-order valence-corrected chi connectivity index (χ0v) is 12.0. The fourth-order valence-electron chi connectivity index (χ4n) is 2.24. The van der Waals surface area contributed by atoms with E-state index in [2.05, 4.69) is 5.32 Å². The van der Waals surface area contributed by atoms with Crippen LogP contribution in [0.4, 0.5) is 5.69 Å². The van der Waals surface area contributed by atoms with Gasteiger partial charge in [-0.25, -0.2) is 0 Å². The second kappa shape index (κ2) is 6.58. The van der Waals surface area contributed by atoms with E-state index in [0.29, 0.717) is 17.1 Å². The summed E-state index contributed by atoms with van der Waals surface area (Å²) < 4.78 is 0. The minimum Gasteiger partial charge on any atom is -0.480 e. The summed E-state index contributed by atoms with van der Waals surface area (Å²) in [5.41, 5.74) is 0.437. The molecule has 1 aliphatic rings. The van der Waals surface area contributed by atoms with Gasteiger partial charge in [0.05, 0.1) is 5.92 Å². The number of rotatable bonds is 4. The normalized spacial score (nSPS) is 18.0. The Labute approximate surface area is 126 Å². The highest BCUT2D eigenvalue weighted by Gasteiger charge is 2.30. The lowest BCUT2D eigenvalue weighted by Gasteiger charge is -2.28. The van der Waals surface area contributed by atoms with Gasteiger partial charge in [0.2, 0.25) is 11.8 Å². The van der Waals surface area contributed by atoms with E-state index in [1.807, 2.05) is 0 Å². The lowest BCUT2D eigenvalue weighted by molar-refractivity contribution is -0.137. The third-order valence-electron chi connectivity index (χ3n) is 3.29. The largest absolute Gasteiger partial charge is 0.480 e. The Bertz CT molecular complexity index is 566. The number of amides is 2. The van der Waals surface area contributed by atoms with E-state index in [1.54, 1.807) is 24.3 Å². The maximum atomic E-state index is 12.5. The Kier molecular flexibility index (Phi) is 4.80. The van der Waals surface area contributed by atoms with Gasteiger partial charge in [0.25, 0.3) is 0 Å². The van der Waals surface area contributed by atoms with Crippen molar-refractivity contribution < 1.29 is 19.5 Å². The first-order chi connectivity index (χ1) is 9.97. The summed E-state index contributed by atoms with van der Waals surface area (Å²) in [5, 5.41) is 12.1. The fourth-order valence-corrected chi connectivity index (χ4v) is 2.42. The van der Waals surface area contributed by atoms with Crippen LogP contribution >= 0.6 is 11.6 Å². The molecule has 1 fully saturated rings. The van der Waals surface area contributed by atoms with Gasteiger partial charge in [-0.05, 0) is 24.6 Å². The van der Waals surface area contributed by atoms with Gasteiger partial charge in [-0.3, -0.25) is 14.4 Å². The van der Waals surface area contributed by atoms with Crippen LogP contribution in [0.3, 0.4) is 0 Å². The number of piperidine rings is 1. The van der Waals surface area contributed by atoms with Crippen molar-refractivity contribution in [1.82, 2.24) is 5.32 Å². The van der Waals surface area contributed by atoms with E-state index in [1.165, 1.54) is 4.90 Å². The van der Waals surface area contributed by atoms with Gasteiger partial charge in [0.15, 0.2) is 0 Å². The van der Waals surface area contributed by atoms with E-state index >= 15 is 0 Å². The molecule has 0 spiro atoms. The summed E-state index contributed by atoms with van der Waals surface area (Å²) in [6.07, 6.45) is 0.689. The number of hydrogen-bond acceptors (Lipinski definition) is 3. The Morgan fingerprint density at radius 2 is 2.19 bits per heavy atom. The van der Waals surface area contributed by atoms with Crippen LogP contribution in [0, 0.1) is 5.92 Å². The summed E-state index contributed by atoms with van der Waals surface area (Å²) in [5.74, 6) is -1.93. The predicted molar refractivity (Wildman–Crippen MR) is 77.2 cm³/mol. The lowest BCUT2D eigenvalue weighted by atomic mass is 9.97. The van der Waals surface area contributed by atoms with E-state index in [4.69, 9.17) is 16.7 Å². The maximum Gasteiger partial charge on any atom is 0.323 e. The van der Waals surface area contributed by atoms with Gasteiger partial charge in [0, 0.05) is 23.7 Å². The number of benzene rings is 1. The molecule has 112 valence electrons. The molecule has 2 amide bonds. The van der Waals surface area contributed by atoms with Crippen LogP contribution in [0.25, 0.3) is 0 Å². The molecule has 1 aromatic carbocycles. The summed E-state index contributed by atoms with van der Waals surface area (Å²) in [6.45, 7) is -0.210. The SMILES string of the molecule is O=C(O)CN(C(=O)C1CCC(=O)NC1)c1cccc(Cl)c1. The molecule has 0 aromatic heterocycles. The quantitative estimate of drug-likeness (QED) is 0.877. The Hall–Kier alpha value is -2.08. The fraction of sp³-hybridized carbons (Fsp3) is 0.357. The molecule has 0 saturated carbocycles. The number of nitrogens with zero attached hydrogens (tertiary/aromatic N) is 1. The van der Waals surface area contributed by atoms with Crippen molar-refractivity contribution in [2.45, 2.75) is 12.8 Å². The third kappa shape index (κ3) is 3.95. The summed E-state index contributed by atoms with van der Waals surface area (Å²) in [6, 6.07) is 6.48. The monoisotopic (exact) mass is 310 g/mol. The lowest BCUT2D eigenvalue weighted by Crippen LogP contribution is -2.46. The number of nitrogens with one attached hydrogen (secondary N) is 1. The summed E-state index contributed by atoms with van der Waals surface area (Å²) >= 11 is 5.89. The first-order valence-corrected chi connectivity index (χ1v) is 6.90. The van der Waals surface area contributed by atoms with Crippen molar-refractivity contribution in [2.75, 3.05) is 18.0 Å². The molecule has 1 unspecified atom stereocenters. The van der Waals surface area contributed by atoms with Crippen LogP contribution in [0.1, 0.15) is 12.8 Å². The van der Waals surface area contributed by atoms with Gasteiger partial charge < -0.3 is 15.3 Å². The van der Waals surface area contributed by atoms with Crippen LogP contribution in [0.5, 0.6) is 0 Å². The maximum absolute atomic E-state index is 12.5. The van der Waals surface area contributed by atoms with Crippen LogP contribution in [0.2, 0.25) is 5.02 Å². The van der Waals surface area contributed by atoms with Crippen LogP contribution in [-0.4, -0.2) is 36.0 Å². The summed E-state index contributed by atoms with van der Waals surface area (Å²) in [7, 11) is 0. The molecule has 1 atom stereocenters. The topological polar surface area (TPSA) is 86.7 Å². The molecule has 1 aliphatic heterocycles. The van der Waals surface area contributed by atoms with Crippen molar-refractivity contribution >= 4 is 35.1 Å². The number of carboxylic acid groups (broad SMARTS) is 1. The second-order valence-corrected chi connectivity index (χ2v) is 5.27. The van der Waals surface area contributed by atoms with Crippen LogP contribution < -0.4 is 10.2 Å². The van der Waals surface area contributed by atoms with Crippen molar-refractivity contribution in [3.8, 4) is 0 Å². The molecule has 2 rings (SSSR count). The number of carbonyl (C=O) groups excluding carboxylic acids is 2. The van der Waals surface area contributed by atoms with Crippen molar-refractivity contribution in [2.24, 2.45) is 5.92 Å². The highest BCUT2D eigenvalue weighted by Crippen LogP contribution is 2.23. The first-order valence-electron chi connectivity index (χ1n) is 6.53. The van der Waals surface area contributed by atoms with Crippen molar-refractivity contribution in [3.05, 3.63) is 29.3 Å². The van der Waals surface area contributed by atoms with Gasteiger partial charge in [-0.15, -0.1) is 0 Å². The minimum absolute atomic E-state index is 0.0911. The number of halogens is 1. The van der Waals surface area contributed by atoms with Gasteiger partial charge in [-0.1, -0.05) is 17.7 Å². The molecule has 0 radical (unpaired) electrons. The van der Waals surface area contributed by atoms with Gasteiger partial charge >= 0.3 is 5.97 Å². The van der Waals surface area contributed by atoms with Crippen LogP contribution in [-0.2, 0) is 14.4 Å². The van der Waals surface area contributed by atoms with E-state index in [9.17, 15) is 14.4 Å². The molecular weight excluding hydrogens is 296 g/mol. The molecule has 1 aromatic rings. The van der Waals surface area contributed by atoms with E-state index in [-0.39, 0.29) is 24.8 Å². The molecule has 2 N–H and O–H groups in total. The smallest absolute Gasteiger partial charge is 0.323 e. The van der Waals surface area contributed by atoms with Crippen LogP contribution in [0.15, 0.2) is 24.3 Å². The Morgan fingerprint density at radius 1 is 1.43 bits per heavy atom. The highest BCUT2D eigenvalue weighted by molar-refractivity contribution is 6.31. The first kappa shape index (κ1) is 15.3. The average Bonchev–Trinajstić information content (AvgIpc) is 2.44. The predicted octanol–water partition coefficient (Wildman–Crippen LogP) is 1.28. The Morgan fingerprint density at radius 3 is 2.76 bits per heavy atom. The molecule has 0 bridgehead atoms. The summed E-state index contributed by atoms with van der Waals surface area (Å²) in [4.78, 5) is 35.9. The molecule has 7 heteroatoms. The van der Waals surface area contributed by atoms with Gasteiger partial charge in [0.1, 0.15) is 6.54 Å². The molecule has 6 nitrogen and oxygen atoms in total. The molecule has 0 aliphatic carbocycles. The third-order valence-corrected chi connectivity index (χ3v) is 3.53. The number of carbonyl (C=O) groups is 3. The zero-order chi connectivity index (χ0) is 15.4. The number of hydrogen-bond donors (Lipinski definition) is 2. The average molecular weight is 311 g/mol. The standard InChI is InChI=1S/C14H15ClN2O4/c15-10-2-1-3-11(6-10)17(8-13(19)20)14(21)9-4-5-12(18)16-7-9/h1-3,6,9H,4-5,7-8H2,(H,16,18)(H,19,20). The van der Waals surface area contributed by atoms with Crippen molar-refractivity contribution in [3.63, 3.8) is 0 Å². The van der Waals surface area contributed by atoms with E-state index in [0.717, 1.165) is 0 Å². The van der Waals surface area contributed by atoms with Gasteiger partial charge in [-0.2, -0.15) is 0 Å². The number of aliphatic carboxylic acids is 1. The molecular formula is C14H15ClN2O4. The number of carboxylic acids is 1. The van der Waals surface area contributed by atoms with Crippen molar-refractivity contribution in [1.29, 1.82) is 0 Å². The molecule has 1 heterocycles.